The Morgan fingerprint density at radius 1 is 0.345 bits per heavy atom. The van der Waals surface area contributed by atoms with Crippen LogP contribution in [-0.4, -0.2) is 207 Å². The molecule has 8 N–H and O–H groups in total. The Hall–Kier alpha value is -14.2. The van der Waals surface area contributed by atoms with Crippen molar-refractivity contribution in [2.75, 3.05) is 138 Å². The molecule has 12 aromatic rings. The molecule has 0 radical (unpaired) electrons. The fourth-order valence-corrected chi connectivity index (χ4v) is 20.8. The van der Waals surface area contributed by atoms with E-state index < -0.39 is 72.0 Å². The number of amides is 5. The average molecular weight is 2150 g/mol. The lowest BCUT2D eigenvalue weighted by Crippen LogP contribution is -2.41. The second-order valence-electron chi connectivity index (χ2n) is 32.3. The molecule has 15 rings (SSSR count). The van der Waals surface area contributed by atoms with E-state index in [1.165, 1.54) is 76.2 Å². The Morgan fingerprint density at radius 2 is 0.676 bits per heavy atom. The first-order valence-electron chi connectivity index (χ1n) is 44.9. The molecule has 760 valence electrons. The summed E-state index contributed by atoms with van der Waals surface area (Å²) in [7, 11) is -21.5. The Labute approximate surface area is 852 Å². The second-order valence-corrected chi connectivity index (χ2v) is 44.5. The predicted molar refractivity (Wildman–Crippen MR) is 560 cm³/mol. The zero-order chi connectivity index (χ0) is 105. The number of halogens is 1. The van der Waals surface area contributed by atoms with Crippen molar-refractivity contribution in [3.8, 4) is 6.07 Å². The van der Waals surface area contributed by atoms with E-state index in [-0.39, 0.29) is 140 Å². The van der Waals surface area contributed by atoms with E-state index in [4.69, 9.17) is 19.5 Å². The van der Waals surface area contributed by atoms with Gasteiger partial charge in [0.1, 0.15) is 9.79 Å². The molecule has 0 unspecified atom stereocenters. The van der Waals surface area contributed by atoms with Crippen molar-refractivity contribution in [1.29, 1.82) is 5.26 Å². The van der Waals surface area contributed by atoms with Gasteiger partial charge in [-0.25, -0.2) is 50.5 Å². The molecular weight excluding hydrogens is 2050 g/mol. The van der Waals surface area contributed by atoms with Crippen LogP contribution in [-0.2, 0) is 98.4 Å². The smallest absolute Gasteiger partial charge is 0.257 e. The van der Waals surface area contributed by atoms with Crippen molar-refractivity contribution in [3.63, 3.8) is 0 Å². The number of para-hydroxylation sites is 6. The normalized spacial score (nSPS) is 13.4. The SMILES string of the molecule is CC(=O)c1ccc(C(=O)Nc2ccccc2S(=O)(=O)N2CCOCC2)cc1.CC(=O)c1ccc(CC(=O)Nc2ccccc2S(=O)(=O)N2CCOCC2)cc1.CCS(=O)(=O)Nc1ccccc1C(=O)Nc1ccccc1.CS(=O)(=O)Nc1ccccc1C(=O)Nc1ccc(Br)cc1.CS(=O)(=O)Nc1ccccc1C(=O)Nc1ccc(CC#N)cc1.Cc1ccc(C(=O)Cc2ccccc2S(=O)(=O)N2CCOCC2)cc1. The molecule has 3 heterocycles. The fraction of sp³-hybridized carbons (Fsp3) is 0.214. The van der Waals surface area contributed by atoms with Gasteiger partial charge >= 0.3 is 0 Å². The zero-order valence-electron chi connectivity index (χ0n) is 79.6. The Morgan fingerprint density at radius 3 is 1.08 bits per heavy atom. The lowest BCUT2D eigenvalue weighted by Gasteiger charge is -2.27. The molecule has 0 aromatic heterocycles. The van der Waals surface area contributed by atoms with Gasteiger partial charge in [0.15, 0.2) is 17.3 Å². The number of aryl methyl sites for hydroxylation is 1. The van der Waals surface area contributed by atoms with Gasteiger partial charge in [-0.15, -0.1) is 0 Å². The van der Waals surface area contributed by atoms with Gasteiger partial charge in [-0.05, 0) is 172 Å². The number of nitrogens with one attached hydrogen (secondary N) is 8. The number of anilines is 8. The highest BCUT2D eigenvalue weighted by molar-refractivity contribution is 9.10. The third kappa shape index (κ3) is 34.8. The van der Waals surface area contributed by atoms with Crippen LogP contribution in [0, 0.1) is 18.3 Å². The van der Waals surface area contributed by atoms with Gasteiger partial charge in [0, 0.05) is 89.5 Å². The highest BCUT2D eigenvalue weighted by Gasteiger charge is 2.33. The number of morpholine rings is 3. The molecule has 0 spiro atoms. The number of nitrogens with zero attached hydrogens (tertiary/aromatic N) is 4. The van der Waals surface area contributed by atoms with Crippen LogP contribution in [0.25, 0.3) is 0 Å². The number of rotatable bonds is 30. The number of hydrogen-bond donors (Lipinski definition) is 8. The summed E-state index contributed by atoms with van der Waals surface area (Å²) in [5.74, 6) is -2.24. The van der Waals surface area contributed by atoms with Crippen molar-refractivity contribution in [2.24, 2.45) is 0 Å². The molecule has 0 saturated carbocycles. The van der Waals surface area contributed by atoms with Crippen molar-refractivity contribution >= 4 is 168 Å². The first-order chi connectivity index (χ1) is 69.0. The molecule has 12 aromatic carbocycles. The minimum absolute atomic E-state index is 0.0422. The quantitative estimate of drug-likeness (QED) is 0.0194. The van der Waals surface area contributed by atoms with Gasteiger partial charge in [0.05, 0.1) is 127 Å². The van der Waals surface area contributed by atoms with Crippen LogP contribution in [0.1, 0.15) is 116 Å². The van der Waals surface area contributed by atoms with Crippen molar-refractivity contribution in [3.05, 3.63) is 363 Å². The van der Waals surface area contributed by atoms with Crippen LogP contribution in [0.4, 0.5) is 45.5 Å². The molecule has 35 nitrogen and oxygen atoms in total. The topological polar surface area (TPSA) is 499 Å². The molecule has 42 heteroatoms. The summed E-state index contributed by atoms with van der Waals surface area (Å²) in [6.45, 7) is 10.4. The van der Waals surface area contributed by atoms with Gasteiger partial charge in [-0.1, -0.05) is 191 Å². The largest absolute Gasteiger partial charge is 0.379 e. The summed E-state index contributed by atoms with van der Waals surface area (Å²) in [4.78, 5) is 97.4. The number of sulfonamides is 6. The summed E-state index contributed by atoms with van der Waals surface area (Å²) >= 11 is 3.31. The lowest BCUT2D eigenvalue weighted by atomic mass is 10.0. The van der Waals surface area contributed by atoms with E-state index in [9.17, 15) is 88.9 Å². The number of carbonyl (C=O) groups is 8. The number of hydrogen-bond acceptors (Lipinski definition) is 24. The minimum atomic E-state index is -3.74. The van der Waals surface area contributed by atoms with E-state index in [0.717, 1.165) is 33.7 Å². The van der Waals surface area contributed by atoms with Crippen LogP contribution in [0.5, 0.6) is 0 Å². The number of Topliss-reactive ketones (excluding diaryl/α,β-unsaturated/α-hetero) is 3. The fourth-order valence-electron chi connectivity index (χ4n) is 14.0. The van der Waals surface area contributed by atoms with Crippen LogP contribution >= 0.6 is 15.9 Å². The molecule has 3 aliphatic heterocycles. The van der Waals surface area contributed by atoms with Crippen molar-refractivity contribution < 1.29 is 103 Å². The first kappa shape index (κ1) is 113. The van der Waals surface area contributed by atoms with E-state index in [2.05, 4.69) is 56.7 Å². The summed E-state index contributed by atoms with van der Waals surface area (Å²) in [5, 5.41) is 22.1. The molecule has 0 aliphatic carbocycles. The Balaban J connectivity index is 0.000000179. The Bertz CT molecular complexity index is 7370. The highest BCUT2D eigenvalue weighted by atomic mass is 79.9. The number of nitriles is 1. The van der Waals surface area contributed by atoms with Gasteiger partial charge < -0.3 is 40.8 Å². The number of carbonyl (C=O) groups excluding carboxylic acids is 8. The van der Waals surface area contributed by atoms with Gasteiger partial charge in [0.2, 0.25) is 66.0 Å². The van der Waals surface area contributed by atoms with Crippen LogP contribution in [0.2, 0.25) is 0 Å². The summed E-state index contributed by atoms with van der Waals surface area (Å²) in [6, 6.07) is 83.9. The second kappa shape index (κ2) is 53.4. The van der Waals surface area contributed by atoms with E-state index in [1.807, 2.05) is 31.2 Å². The van der Waals surface area contributed by atoms with Gasteiger partial charge in [-0.2, -0.15) is 18.2 Å². The molecular formula is C103H107BrN12O23S6. The van der Waals surface area contributed by atoms with E-state index >= 15 is 0 Å². The third-order valence-corrected chi connectivity index (χ3v) is 30.3. The highest BCUT2D eigenvalue weighted by Crippen LogP contribution is 2.31. The van der Waals surface area contributed by atoms with Crippen molar-refractivity contribution in [2.45, 2.75) is 61.6 Å². The third-order valence-electron chi connectivity index (χ3n) is 21.4. The monoisotopic (exact) mass is 2150 g/mol. The summed E-state index contributed by atoms with van der Waals surface area (Å²) in [6.07, 6.45) is 2.49. The maximum atomic E-state index is 12.9. The van der Waals surface area contributed by atoms with Crippen LogP contribution in [0.3, 0.4) is 0 Å². The standard InChI is InChI=1S/C20H22N2O5S.C19H20N2O5S.C19H21NO4S.C16H15N3O3S.C15H16N2O3S.C14H13BrN2O3S/c1-15(23)17-8-6-16(7-9-17)14-20(24)21-18-4-2-3-5-19(18)28(25,26)22-10-12-27-13-11-22;1-14(22)15-6-8-16(9-7-15)19(23)20-17-4-2-3-5-18(17)27(24,25)21-10-12-26-13-11-21;1-15-6-8-16(9-7-15)18(21)14-17-4-2-3-5-19(17)25(22,23)20-10-12-24-13-11-20;1-23(21,22)19-15-5-3-2-4-14(15)16(20)18-13-8-6-12(7-9-13)10-11-17;1-2-21(19,20)17-14-11-7-6-10-13(14)15(18)16-12-8-4-3-5-9-12;1-21(19,20)17-13-5-3-2-4-12(13)14(18)16-11-8-6-10(15)7-9-11/h2-9H,10-14H2,1H3,(H,21,24);2-9H,10-13H2,1H3,(H,20,23);2-9H,10-14H2,1H3;2-9,19H,10H2,1H3,(H,18,20);3-11,17H,2H2,1H3,(H,16,18);2-9,17H,1H3,(H,16,18). The number of benzene rings is 12. The number of ether oxygens (including phenoxy) is 3. The van der Waals surface area contributed by atoms with Crippen LogP contribution in [0.15, 0.2) is 316 Å². The molecule has 3 fully saturated rings. The van der Waals surface area contributed by atoms with Crippen LogP contribution < -0.4 is 40.8 Å². The Kier molecular flexibility index (Phi) is 41.6. The van der Waals surface area contributed by atoms with Gasteiger partial charge in [-0.3, -0.25) is 52.5 Å². The number of ketones is 3. The zero-order valence-corrected chi connectivity index (χ0v) is 86.1. The molecule has 3 aliphatic rings. The predicted octanol–water partition coefficient (Wildman–Crippen LogP) is 14.8. The molecule has 0 atom stereocenters. The lowest BCUT2D eigenvalue weighted by molar-refractivity contribution is -0.115. The van der Waals surface area contributed by atoms with Gasteiger partial charge in [0.25, 0.3) is 23.6 Å². The molecule has 0 bridgehead atoms. The molecule has 5 amide bonds. The van der Waals surface area contributed by atoms with Crippen molar-refractivity contribution in [1.82, 2.24) is 12.9 Å². The minimum Gasteiger partial charge on any atom is -0.379 e. The summed E-state index contributed by atoms with van der Waals surface area (Å²) < 4.78 is 174. The first-order valence-corrected chi connectivity index (χ1v) is 55.4. The maximum absolute atomic E-state index is 12.9. The van der Waals surface area contributed by atoms with E-state index in [0.29, 0.717) is 104 Å². The molecule has 145 heavy (non-hydrogen) atoms. The molecule has 3 saturated heterocycles. The summed E-state index contributed by atoms with van der Waals surface area (Å²) in [5.41, 5.74) is 8.96. The maximum Gasteiger partial charge on any atom is 0.257 e. The average Bonchev–Trinajstić information content (AvgIpc) is 0.794. The van der Waals surface area contributed by atoms with E-state index in [1.54, 1.807) is 237 Å².